The van der Waals surface area contributed by atoms with E-state index in [1.807, 2.05) is 0 Å². The highest BCUT2D eigenvalue weighted by molar-refractivity contribution is 6.03. The van der Waals surface area contributed by atoms with E-state index in [9.17, 15) is 0 Å². The maximum Gasteiger partial charge on any atom is 0.231 e. The molecule has 0 aliphatic heterocycles. The Balaban J connectivity index is 0.000000334. The van der Waals surface area contributed by atoms with Crippen molar-refractivity contribution in [1.29, 1.82) is 10.8 Å². The molecule has 3 aromatic carbocycles. The maximum atomic E-state index is 8.35. The third-order valence-corrected chi connectivity index (χ3v) is 3.87. The fourth-order valence-corrected chi connectivity index (χ4v) is 2.98. The molecule has 0 amide bonds. The fraction of sp³-hybridized carbons (Fsp3) is 0.0476. The first-order valence-electron chi connectivity index (χ1n) is 7.60. The molecule has 0 spiro atoms. The molecule has 4 rings (SSSR count). The van der Waals surface area contributed by atoms with E-state index in [1.165, 1.54) is 33.4 Å². The summed E-state index contributed by atoms with van der Waals surface area (Å²) in [7, 11) is 0. The van der Waals surface area contributed by atoms with E-state index in [2.05, 4.69) is 72.8 Å². The van der Waals surface area contributed by atoms with E-state index in [4.69, 9.17) is 20.4 Å². The van der Waals surface area contributed by atoms with E-state index >= 15 is 0 Å². The first-order valence-corrected chi connectivity index (χ1v) is 7.60. The monoisotopic (exact) mass is 328 g/mol. The van der Waals surface area contributed by atoms with Gasteiger partial charge in [0, 0.05) is 0 Å². The third kappa shape index (κ3) is 4.04. The first kappa shape index (κ1) is 17.8. The molecule has 2 N–H and O–H groups in total. The molecule has 0 radical (unpaired) electrons. The van der Waals surface area contributed by atoms with Gasteiger partial charge in [-0.3, -0.25) is 0 Å². The summed E-state index contributed by atoms with van der Waals surface area (Å²) in [5, 5.41) is 10.8. The molecule has 0 saturated heterocycles. The van der Waals surface area contributed by atoms with Crippen LogP contribution in [0.5, 0.6) is 0 Å². The molecule has 0 heterocycles. The Morgan fingerprint density at radius 1 is 0.640 bits per heavy atom. The number of carbonyl (C=O) groups excluding carboxylic acids is 2. The molecule has 0 fully saturated rings. The van der Waals surface area contributed by atoms with Crippen LogP contribution in [0.25, 0.3) is 22.3 Å². The molecule has 122 valence electrons. The Labute approximate surface area is 145 Å². The van der Waals surface area contributed by atoms with E-state index in [0.29, 0.717) is 0 Å². The fourth-order valence-electron chi connectivity index (χ4n) is 2.98. The summed E-state index contributed by atoms with van der Waals surface area (Å²) in [5.74, 6) is 0. The number of hydrogen-bond donors (Lipinski definition) is 2. The summed E-state index contributed by atoms with van der Waals surface area (Å²) in [6.45, 7) is 0. The second-order valence-electron chi connectivity index (χ2n) is 5.25. The normalized spacial score (nSPS) is 9.28. The molecule has 0 aromatic heterocycles. The minimum Gasteiger partial charge on any atom is -0.222 e. The minimum atomic E-state index is 0.750. The molecule has 4 heteroatoms. The highest BCUT2D eigenvalue weighted by atomic mass is 16.1. The lowest BCUT2D eigenvalue weighted by molar-refractivity contribution is 0.562. The number of rotatable bonds is 2. The van der Waals surface area contributed by atoms with Crippen LogP contribution in [-0.2, 0) is 16.0 Å². The molecule has 3 aromatic rings. The lowest BCUT2D eigenvalue weighted by Gasteiger charge is -2.26. The van der Waals surface area contributed by atoms with Crippen molar-refractivity contribution in [1.82, 2.24) is 0 Å². The number of fused-ring (bicyclic) bond motifs is 4. The molecule has 0 atom stereocenters. The summed E-state index contributed by atoms with van der Waals surface area (Å²) in [4.78, 5) is 16.7. The standard InChI is InChI=1S/C19H14.2CHNO/c1-2-7-14(8-3-1)13-15-9-6-12-18-16-10-4-5-11-17(16)19(15)18;2*2-1-3/h1-12H,13H2;2*2H. The zero-order chi connectivity index (χ0) is 18.1. The van der Waals surface area contributed by atoms with E-state index in [-0.39, 0.29) is 0 Å². The summed E-state index contributed by atoms with van der Waals surface area (Å²) in [6.07, 6.45) is 2.51. The summed E-state index contributed by atoms with van der Waals surface area (Å²) < 4.78 is 0. The van der Waals surface area contributed by atoms with Crippen LogP contribution >= 0.6 is 0 Å². The Hall–Kier alpha value is -3.58. The van der Waals surface area contributed by atoms with Gasteiger partial charge in [-0.1, -0.05) is 72.8 Å². The van der Waals surface area contributed by atoms with Crippen LogP contribution in [0.2, 0.25) is 0 Å². The number of isocyanates is 2. The SMILES string of the molecule is N=C=O.N=C=O.c1ccc(Cc2cccc3c2-c2ccccc2-3)cc1. The number of benzene rings is 3. The molecule has 25 heavy (non-hydrogen) atoms. The lowest BCUT2D eigenvalue weighted by Crippen LogP contribution is -2.03. The van der Waals surface area contributed by atoms with Crippen LogP contribution in [0, 0.1) is 10.8 Å². The molecular weight excluding hydrogens is 312 g/mol. The topological polar surface area (TPSA) is 81.8 Å². The van der Waals surface area contributed by atoms with E-state index < -0.39 is 0 Å². The van der Waals surface area contributed by atoms with Gasteiger partial charge in [0.15, 0.2) is 0 Å². The average Bonchev–Trinajstić information content (AvgIpc) is 2.62. The maximum absolute atomic E-state index is 8.35. The highest BCUT2D eigenvalue weighted by Gasteiger charge is 2.23. The summed E-state index contributed by atoms with van der Waals surface area (Å²) >= 11 is 0. The molecule has 0 saturated carbocycles. The predicted molar refractivity (Wildman–Crippen MR) is 96.9 cm³/mol. The number of hydrogen-bond acceptors (Lipinski definition) is 4. The summed E-state index contributed by atoms with van der Waals surface area (Å²) in [5.41, 5.74) is 8.46. The van der Waals surface area contributed by atoms with Gasteiger partial charge >= 0.3 is 0 Å². The first-order chi connectivity index (χ1) is 12.3. The highest BCUT2D eigenvalue weighted by Crippen LogP contribution is 2.48. The second kappa shape index (κ2) is 8.90. The Morgan fingerprint density at radius 2 is 1.16 bits per heavy atom. The van der Waals surface area contributed by atoms with Gasteiger partial charge in [-0.25, -0.2) is 20.4 Å². The van der Waals surface area contributed by atoms with Crippen LogP contribution < -0.4 is 0 Å². The van der Waals surface area contributed by atoms with Crippen LogP contribution in [0.4, 0.5) is 0 Å². The molecular formula is C21H16N2O2. The van der Waals surface area contributed by atoms with Gasteiger partial charge in [0.2, 0.25) is 12.2 Å². The Morgan fingerprint density at radius 3 is 1.80 bits per heavy atom. The van der Waals surface area contributed by atoms with E-state index in [0.717, 1.165) is 18.6 Å². The van der Waals surface area contributed by atoms with Crippen molar-refractivity contribution in [2.24, 2.45) is 0 Å². The van der Waals surface area contributed by atoms with Crippen molar-refractivity contribution in [3.63, 3.8) is 0 Å². The molecule has 0 unspecified atom stereocenters. The van der Waals surface area contributed by atoms with Crippen molar-refractivity contribution < 1.29 is 9.59 Å². The van der Waals surface area contributed by atoms with Gasteiger partial charge in [0.05, 0.1) is 0 Å². The van der Waals surface area contributed by atoms with Crippen LogP contribution in [0.3, 0.4) is 0 Å². The van der Waals surface area contributed by atoms with Crippen molar-refractivity contribution in [2.75, 3.05) is 0 Å². The van der Waals surface area contributed by atoms with Crippen LogP contribution in [0.1, 0.15) is 11.1 Å². The molecule has 1 aliphatic carbocycles. The van der Waals surface area contributed by atoms with Gasteiger partial charge < -0.3 is 0 Å². The van der Waals surface area contributed by atoms with Gasteiger partial charge in [0.1, 0.15) is 0 Å². The van der Waals surface area contributed by atoms with Gasteiger partial charge in [-0.2, -0.15) is 0 Å². The lowest BCUT2D eigenvalue weighted by atomic mass is 9.77. The molecule has 0 bridgehead atoms. The van der Waals surface area contributed by atoms with Gasteiger partial charge in [-0.15, -0.1) is 0 Å². The quantitative estimate of drug-likeness (QED) is 0.412. The van der Waals surface area contributed by atoms with Crippen molar-refractivity contribution >= 4 is 12.2 Å². The average molecular weight is 328 g/mol. The van der Waals surface area contributed by atoms with Crippen LogP contribution in [-0.4, -0.2) is 12.2 Å². The zero-order valence-electron chi connectivity index (χ0n) is 13.5. The van der Waals surface area contributed by atoms with Crippen molar-refractivity contribution in [3.05, 3.63) is 83.9 Å². The third-order valence-electron chi connectivity index (χ3n) is 3.87. The smallest absolute Gasteiger partial charge is 0.222 e. The molecule has 4 nitrogen and oxygen atoms in total. The largest absolute Gasteiger partial charge is 0.231 e. The van der Waals surface area contributed by atoms with E-state index in [1.54, 1.807) is 0 Å². The van der Waals surface area contributed by atoms with Crippen molar-refractivity contribution in [2.45, 2.75) is 6.42 Å². The summed E-state index contributed by atoms with van der Waals surface area (Å²) in [6, 6.07) is 26.0. The van der Waals surface area contributed by atoms with Gasteiger partial charge in [0.25, 0.3) is 0 Å². The minimum absolute atomic E-state index is 0.750. The Kier molecular flexibility index (Phi) is 6.32. The predicted octanol–water partition coefficient (Wildman–Crippen LogP) is 4.73. The van der Waals surface area contributed by atoms with Gasteiger partial charge in [-0.05, 0) is 39.8 Å². The number of nitrogens with one attached hydrogen (secondary N) is 2. The second-order valence-corrected chi connectivity index (χ2v) is 5.25. The van der Waals surface area contributed by atoms with Crippen molar-refractivity contribution in [3.8, 4) is 22.3 Å². The Bertz CT molecular complexity index is 910. The zero-order valence-corrected chi connectivity index (χ0v) is 13.5. The molecule has 1 aliphatic rings. The van der Waals surface area contributed by atoms with Crippen LogP contribution in [0.15, 0.2) is 72.8 Å².